The van der Waals surface area contributed by atoms with Crippen molar-refractivity contribution >= 4 is 17.0 Å². The van der Waals surface area contributed by atoms with Crippen LogP contribution >= 0.6 is 0 Å². The summed E-state index contributed by atoms with van der Waals surface area (Å²) in [6.07, 6.45) is 5.11. The van der Waals surface area contributed by atoms with Crippen molar-refractivity contribution in [1.82, 2.24) is 19.3 Å². The summed E-state index contributed by atoms with van der Waals surface area (Å²) in [5.41, 5.74) is 3.04. The second kappa shape index (κ2) is 8.07. The third-order valence-electron chi connectivity index (χ3n) is 5.71. The zero-order chi connectivity index (χ0) is 21.2. The summed E-state index contributed by atoms with van der Waals surface area (Å²) in [4.78, 5) is 20.7. The summed E-state index contributed by atoms with van der Waals surface area (Å²) in [5.74, 6) is 0.820. The summed E-state index contributed by atoms with van der Waals surface area (Å²) in [6.45, 7) is 2.43. The number of nitriles is 1. The first kappa shape index (κ1) is 19.1. The topological polar surface area (TPSA) is 79.7 Å². The van der Waals surface area contributed by atoms with Gasteiger partial charge in [-0.2, -0.15) is 15.0 Å². The molecule has 1 aliphatic rings. The van der Waals surface area contributed by atoms with Crippen LogP contribution in [0.2, 0.25) is 0 Å². The smallest absolute Gasteiger partial charge is 0.297 e. The van der Waals surface area contributed by atoms with E-state index in [2.05, 4.69) is 28.2 Å². The van der Waals surface area contributed by atoms with Crippen LogP contribution in [0.5, 0.6) is 0 Å². The Hall–Kier alpha value is -3.92. The maximum atomic E-state index is 13.6. The maximum Gasteiger partial charge on any atom is 0.297 e. The van der Waals surface area contributed by atoms with Gasteiger partial charge < -0.3 is 9.47 Å². The van der Waals surface area contributed by atoms with Crippen molar-refractivity contribution in [3.05, 3.63) is 82.3 Å². The van der Waals surface area contributed by atoms with Crippen LogP contribution in [0.3, 0.4) is 0 Å². The van der Waals surface area contributed by atoms with Crippen LogP contribution in [-0.4, -0.2) is 32.4 Å². The fourth-order valence-corrected chi connectivity index (χ4v) is 4.18. The predicted octanol–water partition coefficient (Wildman–Crippen LogP) is 3.49. The molecule has 1 aliphatic heterocycles. The van der Waals surface area contributed by atoms with Crippen LogP contribution in [-0.2, 0) is 6.54 Å². The summed E-state index contributed by atoms with van der Waals surface area (Å²) < 4.78 is 3.37. The molecule has 0 spiro atoms. The van der Waals surface area contributed by atoms with Crippen molar-refractivity contribution in [3.8, 4) is 11.8 Å². The Morgan fingerprint density at radius 3 is 2.58 bits per heavy atom. The number of aromatic nitrogens is 4. The van der Waals surface area contributed by atoms with Gasteiger partial charge in [0.15, 0.2) is 0 Å². The number of nitrogens with zero attached hydrogens (tertiary/aromatic N) is 6. The van der Waals surface area contributed by atoms with E-state index < -0.39 is 0 Å². The highest BCUT2D eigenvalue weighted by Gasteiger charge is 2.22. The van der Waals surface area contributed by atoms with E-state index in [-0.39, 0.29) is 5.56 Å². The molecule has 1 fully saturated rings. The average Bonchev–Trinajstić information content (AvgIpc) is 3.19. The minimum atomic E-state index is -0.237. The van der Waals surface area contributed by atoms with E-state index in [1.54, 1.807) is 30.5 Å². The number of fused-ring (bicyclic) bond motifs is 1. The van der Waals surface area contributed by atoms with Gasteiger partial charge in [-0.25, -0.2) is 4.98 Å². The van der Waals surface area contributed by atoms with Crippen molar-refractivity contribution in [3.63, 3.8) is 0 Å². The third kappa shape index (κ3) is 3.57. The fraction of sp³-hybridized carbons (Fsp3) is 0.250. The molecule has 0 radical (unpaired) electrons. The minimum Gasteiger partial charge on any atom is -0.342 e. The monoisotopic (exact) mass is 410 g/mol. The predicted molar refractivity (Wildman–Crippen MR) is 119 cm³/mol. The number of anilines is 1. The summed E-state index contributed by atoms with van der Waals surface area (Å²) in [6, 6.07) is 19.1. The van der Waals surface area contributed by atoms with Crippen LogP contribution in [0.1, 0.15) is 30.4 Å². The molecule has 0 atom stereocenters. The Morgan fingerprint density at radius 1 is 1.00 bits per heavy atom. The van der Waals surface area contributed by atoms with Crippen molar-refractivity contribution in [2.24, 2.45) is 0 Å². The zero-order valence-corrected chi connectivity index (χ0v) is 17.1. The van der Waals surface area contributed by atoms with Crippen molar-refractivity contribution in [1.29, 1.82) is 5.26 Å². The molecule has 0 N–H and O–H groups in total. The van der Waals surface area contributed by atoms with Crippen LogP contribution < -0.4 is 10.5 Å². The van der Waals surface area contributed by atoms with E-state index in [0.717, 1.165) is 37.4 Å². The first-order valence-electron chi connectivity index (χ1n) is 10.5. The number of benzene rings is 2. The molecule has 154 valence electrons. The molecule has 2 aromatic carbocycles. The second-order valence-corrected chi connectivity index (χ2v) is 7.79. The molecule has 7 heteroatoms. The van der Waals surface area contributed by atoms with Gasteiger partial charge in [0, 0.05) is 13.1 Å². The van der Waals surface area contributed by atoms with E-state index >= 15 is 0 Å². The molecule has 5 rings (SSSR count). The molecular formula is C24H22N6O. The largest absolute Gasteiger partial charge is 0.342 e. The lowest BCUT2D eigenvalue weighted by Gasteiger charge is -2.28. The number of hydrogen-bond donors (Lipinski definition) is 0. The van der Waals surface area contributed by atoms with E-state index in [0.29, 0.717) is 28.8 Å². The fourth-order valence-electron chi connectivity index (χ4n) is 4.18. The van der Waals surface area contributed by atoms with Gasteiger partial charge in [0.05, 0.1) is 30.1 Å². The standard InChI is InChI=1S/C24H22N6O/c25-15-19-10-7-11-20(14-19)30-23(31)22-21(16-26-30)27-24(28-12-5-2-6-13-28)29(22)17-18-8-3-1-4-9-18/h1,3-4,7-11,14,16H,2,5-6,12-13,17H2. The first-order chi connectivity index (χ1) is 15.2. The summed E-state index contributed by atoms with van der Waals surface area (Å²) >= 11 is 0. The number of hydrogen-bond acceptors (Lipinski definition) is 5. The molecule has 4 aromatic rings. The number of piperidine rings is 1. The molecule has 3 heterocycles. The molecular weight excluding hydrogens is 388 g/mol. The average molecular weight is 410 g/mol. The van der Waals surface area contributed by atoms with E-state index in [4.69, 9.17) is 4.98 Å². The van der Waals surface area contributed by atoms with Gasteiger partial charge in [-0.3, -0.25) is 4.79 Å². The van der Waals surface area contributed by atoms with E-state index in [1.807, 2.05) is 22.8 Å². The lowest BCUT2D eigenvalue weighted by Crippen LogP contribution is -2.32. The molecule has 0 unspecified atom stereocenters. The maximum absolute atomic E-state index is 13.6. The van der Waals surface area contributed by atoms with Gasteiger partial charge in [0.1, 0.15) is 11.0 Å². The zero-order valence-electron chi connectivity index (χ0n) is 17.1. The summed E-state index contributed by atoms with van der Waals surface area (Å²) in [7, 11) is 0. The number of imidazole rings is 1. The Morgan fingerprint density at radius 2 is 1.81 bits per heavy atom. The van der Waals surface area contributed by atoms with E-state index in [9.17, 15) is 10.1 Å². The first-order valence-corrected chi connectivity index (χ1v) is 10.5. The van der Waals surface area contributed by atoms with Crippen molar-refractivity contribution < 1.29 is 0 Å². The Bertz CT molecular complexity index is 1330. The Labute approximate surface area is 179 Å². The highest BCUT2D eigenvalue weighted by atomic mass is 16.1. The van der Waals surface area contributed by atoms with Crippen molar-refractivity contribution in [2.45, 2.75) is 25.8 Å². The quantitative estimate of drug-likeness (QED) is 0.515. The molecule has 2 aromatic heterocycles. The molecule has 0 saturated carbocycles. The normalized spacial score (nSPS) is 14.0. The Kier molecular flexibility index (Phi) is 4.97. The van der Waals surface area contributed by atoms with Crippen LogP contribution in [0.15, 0.2) is 65.6 Å². The molecule has 0 amide bonds. The minimum absolute atomic E-state index is 0.237. The molecule has 7 nitrogen and oxygen atoms in total. The number of rotatable bonds is 4. The lowest BCUT2D eigenvalue weighted by molar-refractivity contribution is 0.560. The van der Waals surface area contributed by atoms with Crippen LogP contribution in [0.4, 0.5) is 5.95 Å². The van der Waals surface area contributed by atoms with Gasteiger partial charge in [-0.15, -0.1) is 0 Å². The molecule has 31 heavy (non-hydrogen) atoms. The summed E-state index contributed by atoms with van der Waals surface area (Å²) in [5, 5.41) is 13.6. The van der Waals surface area contributed by atoms with Gasteiger partial charge in [-0.1, -0.05) is 36.4 Å². The van der Waals surface area contributed by atoms with Gasteiger partial charge in [-0.05, 0) is 43.0 Å². The van der Waals surface area contributed by atoms with Gasteiger partial charge >= 0.3 is 0 Å². The van der Waals surface area contributed by atoms with Crippen molar-refractivity contribution in [2.75, 3.05) is 18.0 Å². The van der Waals surface area contributed by atoms with Crippen LogP contribution in [0.25, 0.3) is 16.7 Å². The molecule has 1 saturated heterocycles. The molecule has 0 bridgehead atoms. The van der Waals surface area contributed by atoms with E-state index in [1.165, 1.54) is 11.1 Å². The SMILES string of the molecule is N#Cc1cccc(-n2ncc3nc(N4CCCCC4)n(Cc4ccccc4)c3c2=O)c1. The lowest BCUT2D eigenvalue weighted by atomic mass is 10.1. The molecule has 0 aliphatic carbocycles. The van der Waals surface area contributed by atoms with Gasteiger partial charge in [0.2, 0.25) is 5.95 Å². The third-order valence-corrected chi connectivity index (χ3v) is 5.71. The highest BCUT2D eigenvalue weighted by Crippen LogP contribution is 2.25. The second-order valence-electron chi connectivity index (χ2n) is 7.79. The van der Waals surface area contributed by atoms with Crippen LogP contribution in [0, 0.1) is 11.3 Å². The highest BCUT2D eigenvalue weighted by molar-refractivity contribution is 5.77. The Balaban J connectivity index is 1.70. The van der Waals surface area contributed by atoms with Gasteiger partial charge in [0.25, 0.3) is 5.56 Å².